The van der Waals surface area contributed by atoms with Crippen molar-refractivity contribution in [2.75, 3.05) is 0 Å². The van der Waals surface area contributed by atoms with Gasteiger partial charge in [-0.2, -0.15) is 0 Å². The predicted molar refractivity (Wildman–Crippen MR) is 90.4 cm³/mol. The molecule has 1 heterocycles. The summed E-state index contributed by atoms with van der Waals surface area (Å²) in [6.45, 7) is 6.52. The smallest absolute Gasteiger partial charge is 0.165 e. The monoisotopic (exact) mass is 346 g/mol. The second-order valence-electron chi connectivity index (χ2n) is 9.72. The molecule has 2 unspecified atom stereocenters. The van der Waals surface area contributed by atoms with E-state index in [1.165, 1.54) is 0 Å². The molecule has 5 rings (SSSR count). The van der Waals surface area contributed by atoms with Crippen LogP contribution in [0.15, 0.2) is 11.9 Å². The lowest BCUT2D eigenvalue weighted by Crippen LogP contribution is -2.61. The summed E-state index contributed by atoms with van der Waals surface area (Å²) >= 11 is 0. The molecule has 4 heteroatoms. The summed E-state index contributed by atoms with van der Waals surface area (Å²) in [6.07, 6.45) is 5.02. The minimum atomic E-state index is -0.700. The molecule has 0 bridgehead atoms. The van der Waals surface area contributed by atoms with Crippen LogP contribution in [0.25, 0.3) is 0 Å². The SMILES string of the molecule is C[C@@H]1CC(=O)C2OC23C(=CF)C[C@@H]2[C@H](CC[C@]4(C)C(=O)CC[C@@H]24)[C@@]13C. The van der Waals surface area contributed by atoms with Crippen molar-refractivity contribution < 1.29 is 18.7 Å². The van der Waals surface area contributed by atoms with Gasteiger partial charge in [0.2, 0.25) is 0 Å². The number of fused-ring (bicyclic) bond motifs is 4. The fourth-order valence-electron chi connectivity index (χ4n) is 7.69. The number of hydrogen-bond donors (Lipinski definition) is 0. The Bertz CT molecular complexity index is 714. The molecule has 5 fully saturated rings. The Hall–Kier alpha value is -1.03. The number of carbonyl (C=O) groups excluding carboxylic acids is 2. The summed E-state index contributed by atoms with van der Waals surface area (Å²) in [5.74, 6) is 1.82. The average molecular weight is 346 g/mol. The summed E-state index contributed by atoms with van der Waals surface area (Å²) in [5, 5.41) is 0. The van der Waals surface area contributed by atoms with Gasteiger partial charge in [-0.05, 0) is 54.9 Å². The van der Waals surface area contributed by atoms with Crippen molar-refractivity contribution in [3.63, 3.8) is 0 Å². The van der Waals surface area contributed by atoms with Crippen LogP contribution in [0, 0.1) is 34.5 Å². The van der Waals surface area contributed by atoms with Crippen molar-refractivity contribution in [3.05, 3.63) is 11.9 Å². The van der Waals surface area contributed by atoms with Gasteiger partial charge in [0, 0.05) is 23.7 Å². The molecular formula is C21H27FO3. The van der Waals surface area contributed by atoms with E-state index in [0.29, 0.717) is 48.4 Å². The number of hydrogen-bond acceptors (Lipinski definition) is 3. The van der Waals surface area contributed by atoms with Gasteiger partial charge >= 0.3 is 0 Å². The standard InChI is InChI=1S/C21H27FO3/c1-11-8-16(23)18-21(25-18)12(10-22)9-13-14-4-5-17(24)19(14,2)7-6-15(13)20(11,21)3/h10-11,13-15,18H,4-9H2,1-3H3/t11-,13+,14+,15+,18?,19+,20-,21?/m1/s1. The van der Waals surface area contributed by atoms with Gasteiger partial charge in [-0.3, -0.25) is 9.59 Å². The molecule has 0 radical (unpaired) electrons. The van der Waals surface area contributed by atoms with Gasteiger partial charge in [0.15, 0.2) is 11.9 Å². The molecule has 0 aromatic carbocycles. The van der Waals surface area contributed by atoms with Gasteiger partial charge in [0.1, 0.15) is 11.4 Å². The van der Waals surface area contributed by atoms with Crippen molar-refractivity contribution in [1.29, 1.82) is 0 Å². The summed E-state index contributed by atoms with van der Waals surface area (Å²) in [4.78, 5) is 25.0. The van der Waals surface area contributed by atoms with Gasteiger partial charge in [-0.1, -0.05) is 20.8 Å². The van der Waals surface area contributed by atoms with Crippen molar-refractivity contribution in [2.24, 2.45) is 34.5 Å². The van der Waals surface area contributed by atoms with Crippen LogP contribution in [0.3, 0.4) is 0 Å². The van der Waals surface area contributed by atoms with Crippen LogP contribution in [0.1, 0.15) is 59.3 Å². The summed E-state index contributed by atoms with van der Waals surface area (Å²) in [7, 11) is 0. The maximum absolute atomic E-state index is 14.0. The zero-order chi connectivity index (χ0) is 17.8. The van der Waals surface area contributed by atoms with Crippen LogP contribution < -0.4 is 0 Å². The van der Waals surface area contributed by atoms with Crippen molar-refractivity contribution in [3.8, 4) is 0 Å². The van der Waals surface area contributed by atoms with Gasteiger partial charge in [0.25, 0.3) is 0 Å². The maximum atomic E-state index is 14.0. The Balaban J connectivity index is 1.63. The topological polar surface area (TPSA) is 46.7 Å². The number of rotatable bonds is 0. The highest BCUT2D eigenvalue weighted by Crippen LogP contribution is 2.74. The van der Waals surface area contributed by atoms with E-state index in [-0.39, 0.29) is 22.5 Å². The third kappa shape index (κ3) is 1.58. The third-order valence-electron chi connectivity index (χ3n) is 9.22. The first-order chi connectivity index (χ1) is 11.8. The minimum Gasteiger partial charge on any atom is -0.352 e. The number of epoxide rings is 1. The lowest BCUT2D eigenvalue weighted by Gasteiger charge is -2.60. The lowest BCUT2D eigenvalue weighted by molar-refractivity contribution is -0.141. The highest BCUT2D eigenvalue weighted by atomic mass is 19.1. The van der Waals surface area contributed by atoms with E-state index in [2.05, 4.69) is 20.8 Å². The molecular weight excluding hydrogens is 319 g/mol. The van der Waals surface area contributed by atoms with Gasteiger partial charge in [-0.25, -0.2) is 4.39 Å². The highest BCUT2D eigenvalue weighted by Gasteiger charge is 2.80. The van der Waals surface area contributed by atoms with Crippen LogP contribution in [0.5, 0.6) is 0 Å². The fourth-order valence-corrected chi connectivity index (χ4v) is 7.69. The number of Topliss-reactive ketones (excluding diaryl/α,β-unsaturated/α-hetero) is 2. The van der Waals surface area contributed by atoms with E-state index in [4.69, 9.17) is 4.74 Å². The number of carbonyl (C=O) groups is 2. The van der Waals surface area contributed by atoms with Gasteiger partial charge in [0.05, 0.1) is 6.33 Å². The van der Waals surface area contributed by atoms with Crippen LogP contribution in [0.2, 0.25) is 0 Å². The molecule has 0 aromatic heterocycles. The maximum Gasteiger partial charge on any atom is 0.165 e. The van der Waals surface area contributed by atoms with Crippen molar-refractivity contribution >= 4 is 11.6 Å². The molecule has 1 spiro atoms. The van der Waals surface area contributed by atoms with Crippen molar-refractivity contribution in [1.82, 2.24) is 0 Å². The first-order valence-corrected chi connectivity index (χ1v) is 9.84. The van der Waals surface area contributed by atoms with Crippen LogP contribution in [-0.4, -0.2) is 23.3 Å². The van der Waals surface area contributed by atoms with E-state index in [9.17, 15) is 14.0 Å². The largest absolute Gasteiger partial charge is 0.352 e. The molecule has 0 amide bonds. The molecule has 4 aliphatic carbocycles. The van der Waals surface area contributed by atoms with E-state index >= 15 is 0 Å². The molecule has 0 aromatic rings. The fraction of sp³-hybridized carbons (Fsp3) is 0.810. The predicted octanol–water partition coefficient (Wildman–Crippen LogP) is 4.01. The Kier molecular flexibility index (Phi) is 2.99. The Morgan fingerprint density at radius 3 is 2.64 bits per heavy atom. The van der Waals surface area contributed by atoms with Crippen molar-refractivity contribution in [2.45, 2.75) is 71.0 Å². The summed E-state index contributed by atoms with van der Waals surface area (Å²) < 4.78 is 20.0. The summed E-state index contributed by atoms with van der Waals surface area (Å²) in [5.41, 5.74) is -0.446. The molecule has 25 heavy (non-hydrogen) atoms. The molecule has 136 valence electrons. The first-order valence-electron chi connectivity index (χ1n) is 9.84. The number of ether oxygens (including phenoxy) is 1. The third-order valence-corrected chi connectivity index (χ3v) is 9.22. The zero-order valence-electron chi connectivity index (χ0n) is 15.3. The Morgan fingerprint density at radius 1 is 1.16 bits per heavy atom. The molecule has 3 nitrogen and oxygen atoms in total. The van der Waals surface area contributed by atoms with E-state index in [1.54, 1.807) is 0 Å². The van der Waals surface area contributed by atoms with E-state index in [0.717, 1.165) is 25.6 Å². The molecule has 4 saturated carbocycles. The molecule has 8 atom stereocenters. The number of ketones is 2. The lowest BCUT2D eigenvalue weighted by atomic mass is 9.42. The zero-order valence-corrected chi connectivity index (χ0v) is 15.3. The Labute approximate surface area is 148 Å². The van der Waals surface area contributed by atoms with E-state index < -0.39 is 11.7 Å². The second kappa shape index (κ2) is 4.62. The minimum absolute atomic E-state index is 0.138. The molecule has 1 saturated heterocycles. The van der Waals surface area contributed by atoms with Crippen LogP contribution in [-0.2, 0) is 14.3 Å². The van der Waals surface area contributed by atoms with Gasteiger partial charge < -0.3 is 4.74 Å². The molecule has 5 aliphatic rings. The van der Waals surface area contributed by atoms with Gasteiger partial charge in [-0.15, -0.1) is 0 Å². The first kappa shape index (κ1) is 16.2. The quantitative estimate of drug-likeness (QED) is 0.623. The number of halogens is 1. The van der Waals surface area contributed by atoms with E-state index in [1.807, 2.05) is 0 Å². The molecule has 1 aliphatic heterocycles. The normalized spacial score (nSPS) is 58.4. The highest BCUT2D eigenvalue weighted by molar-refractivity contribution is 5.90. The second-order valence-corrected chi connectivity index (χ2v) is 9.72. The van der Waals surface area contributed by atoms with Crippen LogP contribution >= 0.6 is 0 Å². The average Bonchev–Trinajstić information content (AvgIpc) is 3.26. The molecule has 0 N–H and O–H groups in total. The Morgan fingerprint density at radius 2 is 1.92 bits per heavy atom. The van der Waals surface area contributed by atoms with Crippen LogP contribution in [0.4, 0.5) is 4.39 Å². The summed E-state index contributed by atoms with van der Waals surface area (Å²) in [6, 6.07) is 0.